The summed E-state index contributed by atoms with van der Waals surface area (Å²) in [4.78, 5) is 27.4. The van der Waals surface area contributed by atoms with Crippen LogP contribution in [0, 0.1) is 0 Å². The van der Waals surface area contributed by atoms with Crippen molar-refractivity contribution in [3.63, 3.8) is 0 Å². The largest absolute Gasteiger partial charge is 0.464 e. The predicted molar refractivity (Wildman–Crippen MR) is 91.7 cm³/mol. The minimum Gasteiger partial charge on any atom is -0.464 e. The monoisotopic (exact) mass is 348 g/mol. The Balaban J connectivity index is 1.68. The van der Waals surface area contributed by atoms with E-state index in [9.17, 15) is 9.59 Å². The van der Waals surface area contributed by atoms with E-state index in [0.717, 1.165) is 16.3 Å². The van der Waals surface area contributed by atoms with Gasteiger partial charge in [0.25, 0.3) is 0 Å². The fraction of sp³-hybridized carbons (Fsp3) is 0.353. The molecule has 6 nitrogen and oxygen atoms in total. The van der Waals surface area contributed by atoms with Crippen LogP contribution in [0.3, 0.4) is 0 Å². The third kappa shape index (κ3) is 6.10. The van der Waals surface area contributed by atoms with Gasteiger partial charge in [-0.25, -0.2) is 9.78 Å². The molecule has 0 saturated heterocycles. The molecule has 24 heavy (non-hydrogen) atoms. The molecule has 1 amide bonds. The molecule has 0 atom stereocenters. The van der Waals surface area contributed by atoms with Crippen LogP contribution in [0.25, 0.3) is 10.6 Å². The first-order chi connectivity index (χ1) is 11.7. The highest BCUT2D eigenvalue weighted by atomic mass is 32.1. The number of benzene rings is 1. The van der Waals surface area contributed by atoms with Crippen molar-refractivity contribution < 1.29 is 19.1 Å². The first kappa shape index (κ1) is 18.1. The molecule has 1 aromatic heterocycles. The van der Waals surface area contributed by atoms with Crippen molar-refractivity contribution in [2.75, 3.05) is 26.4 Å². The first-order valence-electron chi connectivity index (χ1n) is 7.69. The zero-order valence-electron chi connectivity index (χ0n) is 13.5. The number of rotatable bonds is 9. The smallest absolute Gasteiger partial charge is 0.332 e. The number of ether oxygens (including phenoxy) is 2. The zero-order chi connectivity index (χ0) is 17.2. The summed E-state index contributed by atoms with van der Waals surface area (Å²) in [6.45, 7) is 2.57. The molecule has 7 heteroatoms. The summed E-state index contributed by atoms with van der Waals surface area (Å²) in [5.41, 5.74) is 1.78. The van der Waals surface area contributed by atoms with Gasteiger partial charge in [0, 0.05) is 17.5 Å². The van der Waals surface area contributed by atoms with E-state index in [-0.39, 0.29) is 25.5 Å². The summed E-state index contributed by atoms with van der Waals surface area (Å²) in [6.07, 6.45) is 0.223. The number of thiazole rings is 1. The van der Waals surface area contributed by atoms with Crippen LogP contribution in [0.2, 0.25) is 0 Å². The van der Waals surface area contributed by atoms with Crippen molar-refractivity contribution in [1.29, 1.82) is 0 Å². The van der Waals surface area contributed by atoms with Crippen LogP contribution in [-0.4, -0.2) is 43.2 Å². The topological polar surface area (TPSA) is 77.5 Å². The van der Waals surface area contributed by atoms with Gasteiger partial charge < -0.3 is 14.8 Å². The van der Waals surface area contributed by atoms with E-state index in [0.29, 0.717) is 13.2 Å². The van der Waals surface area contributed by atoms with Crippen molar-refractivity contribution in [3.8, 4) is 10.6 Å². The molecule has 128 valence electrons. The molecule has 0 bridgehead atoms. The Morgan fingerprint density at radius 3 is 2.79 bits per heavy atom. The van der Waals surface area contributed by atoms with Crippen LogP contribution in [0.15, 0.2) is 35.7 Å². The van der Waals surface area contributed by atoms with Crippen molar-refractivity contribution >= 4 is 23.2 Å². The Hall–Kier alpha value is -2.25. The SMILES string of the molecule is CCOC(=O)COCCNC(=O)Cc1csc(-c2ccccc2)n1. The number of aromatic nitrogens is 1. The number of esters is 1. The van der Waals surface area contributed by atoms with Gasteiger partial charge in [0.15, 0.2) is 0 Å². The standard InChI is InChI=1S/C17H20N2O4S/c1-2-23-16(21)11-22-9-8-18-15(20)10-14-12-24-17(19-14)13-6-4-3-5-7-13/h3-7,12H,2,8-11H2,1H3,(H,18,20). The van der Waals surface area contributed by atoms with Crippen LogP contribution in [0.4, 0.5) is 0 Å². The van der Waals surface area contributed by atoms with E-state index < -0.39 is 5.97 Å². The number of carbonyl (C=O) groups is 2. The minimum absolute atomic E-state index is 0.101. The molecule has 1 N–H and O–H groups in total. The Morgan fingerprint density at radius 2 is 2.04 bits per heavy atom. The van der Waals surface area contributed by atoms with E-state index >= 15 is 0 Å². The molecule has 0 saturated carbocycles. The summed E-state index contributed by atoms with van der Waals surface area (Å²) < 4.78 is 9.84. The second-order valence-electron chi connectivity index (χ2n) is 4.89. The van der Waals surface area contributed by atoms with Crippen LogP contribution < -0.4 is 5.32 Å². The van der Waals surface area contributed by atoms with E-state index in [1.165, 1.54) is 11.3 Å². The average Bonchev–Trinajstić information content (AvgIpc) is 3.04. The van der Waals surface area contributed by atoms with Gasteiger partial charge in [-0.3, -0.25) is 4.79 Å². The van der Waals surface area contributed by atoms with Crippen molar-refractivity contribution in [1.82, 2.24) is 10.3 Å². The van der Waals surface area contributed by atoms with Gasteiger partial charge in [0.1, 0.15) is 11.6 Å². The molecule has 0 radical (unpaired) electrons. The maximum absolute atomic E-state index is 11.9. The molecular weight excluding hydrogens is 328 g/mol. The van der Waals surface area contributed by atoms with E-state index in [2.05, 4.69) is 10.3 Å². The van der Waals surface area contributed by atoms with Gasteiger partial charge in [0.2, 0.25) is 5.91 Å². The Morgan fingerprint density at radius 1 is 1.25 bits per heavy atom. The van der Waals surface area contributed by atoms with Crippen LogP contribution in [0.5, 0.6) is 0 Å². The number of nitrogens with zero attached hydrogens (tertiary/aromatic N) is 1. The fourth-order valence-corrected chi connectivity index (χ4v) is 2.78. The van der Waals surface area contributed by atoms with Crippen LogP contribution in [-0.2, 0) is 25.5 Å². The van der Waals surface area contributed by atoms with Crippen LogP contribution >= 0.6 is 11.3 Å². The highest BCUT2D eigenvalue weighted by Gasteiger charge is 2.09. The lowest BCUT2D eigenvalue weighted by molar-refractivity contribution is -0.148. The van der Waals surface area contributed by atoms with Gasteiger partial charge in [-0.1, -0.05) is 30.3 Å². The van der Waals surface area contributed by atoms with Crippen LogP contribution in [0.1, 0.15) is 12.6 Å². The number of carbonyl (C=O) groups excluding carboxylic acids is 2. The fourth-order valence-electron chi connectivity index (χ4n) is 1.95. The second-order valence-corrected chi connectivity index (χ2v) is 5.75. The third-order valence-electron chi connectivity index (χ3n) is 3.01. The number of nitrogens with one attached hydrogen (secondary N) is 1. The average molecular weight is 348 g/mol. The molecule has 0 aliphatic rings. The van der Waals surface area contributed by atoms with Gasteiger partial charge in [-0.2, -0.15) is 0 Å². The molecule has 0 aliphatic heterocycles. The predicted octanol–water partition coefficient (Wildman–Crippen LogP) is 2.05. The maximum Gasteiger partial charge on any atom is 0.332 e. The second kappa shape index (κ2) is 9.79. The third-order valence-corrected chi connectivity index (χ3v) is 3.95. The van der Waals surface area contributed by atoms with E-state index in [4.69, 9.17) is 9.47 Å². The normalized spacial score (nSPS) is 10.4. The molecule has 2 aromatic rings. The van der Waals surface area contributed by atoms with Crippen molar-refractivity contribution in [2.24, 2.45) is 0 Å². The lowest BCUT2D eigenvalue weighted by atomic mass is 10.2. The molecule has 1 heterocycles. The van der Waals surface area contributed by atoms with E-state index in [1.54, 1.807) is 6.92 Å². The summed E-state index contributed by atoms with van der Waals surface area (Å²) in [7, 11) is 0. The number of hydrogen-bond acceptors (Lipinski definition) is 6. The zero-order valence-corrected chi connectivity index (χ0v) is 14.3. The summed E-state index contributed by atoms with van der Waals surface area (Å²) in [6, 6.07) is 9.85. The Labute approximate surface area is 144 Å². The van der Waals surface area contributed by atoms with Crippen molar-refractivity contribution in [2.45, 2.75) is 13.3 Å². The Kier molecular flexibility index (Phi) is 7.38. The van der Waals surface area contributed by atoms with E-state index in [1.807, 2.05) is 35.7 Å². The van der Waals surface area contributed by atoms with Gasteiger partial charge in [-0.05, 0) is 6.92 Å². The number of amides is 1. The number of hydrogen-bond donors (Lipinski definition) is 1. The summed E-state index contributed by atoms with van der Waals surface area (Å²) >= 11 is 1.52. The molecule has 0 aliphatic carbocycles. The minimum atomic E-state index is -0.403. The Bertz CT molecular complexity index is 658. The molecule has 0 spiro atoms. The lowest BCUT2D eigenvalue weighted by Gasteiger charge is -2.05. The summed E-state index contributed by atoms with van der Waals surface area (Å²) in [5.74, 6) is -0.528. The maximum atomic E-state index is 11.9. The quantitative estimate of drug-likeness (QED) is 0.554. The molecule has 1 aromatic carbocycles. The highest BCUT2D eigenvalue weighted by Crippen LogP contribution is 2.23. The lowest BCUT2D eigenvalue weighted by Crippen LogP contribution is -2.29. The van der Waals surface area contributed by atoms with Gasteiger partial charge >= 0.3 is 5.97 Å². The van der Waals surface area contributed by atoms with Crippen molar-refractivity contribution in [3.05, 3.63) is 41.4 Å². The van der Waals surface area contributed by atoms with Gasteiger partial charge in [0.05, 0.1) is 25.3 Å². The molecule has 0 fully saturated rings. The van der Waals surface area contributed by atoms with Gasteiger partial charge in [-0.15, -0.1) is 11.3 Å². The molecule has 0 unspecified atom stereocenters. The summed E-state index contributed by atoms with van der Waals surface area (Å²) in [5, 5.41) is 5.52. The molecular formula is C17H20N2O4S. The highest BCUT2D eigenvalue weighted by molar-refractivity contribution is 7.13. The molecule has 2 rings (SSSR count). The first-order valence-corrected chi connectivity index (χ1v) is 8.57.